The number of likely N-dealkylation sites (tertiary alicyclic amines) is 1. The lowest BCUT2D eigenvalue weighted by molar-refractivity contribution is -0.00512. The molecule has 1 saturated heterocycles. The highest BCUT2D eigenvalue weighted by atomic mass is 16.6. The second kappa shape index (κ2) is 6.98. The van der Waals surface area contributed by atoms with E-state index in [1.54, 1.807) is 0 Å². The molecule has 4 heteroatoms. The molecule has 1 aliphatic rings. The van der Waals surface area contributed by atoms with Crippen molar-refractivity contribution < 1.29 is 9.53 Å². The first-order valence-corrected chi connectivity index (χ1v) is 7.20. The maximum Gasteiger partial charge on any atom is 0.410 e. The molecule has 1 amide bonds. The first kappa shape index (κ1) is 15.3. The molecule has 2 N–H and O–H groups in total. The molecule has 0 bridgehead atoms. The van der Waals surface area contributed by atoms with E-state index < -0.39 is 0 Å². The fraction of sp³-hybridized carbons (Fsp3) is 0.929. The largest absolute Gasteiger partial charge is 0.443 e. The topological polar surface area (TPSA) is 55.6 Å². The fourth-order valence-electron chi connectivity index (χ4n) is 2.68. The maximum absolute atomic E-state index is 12.2. The van der Waals surface area contributed by atoms with Crippen molar-refractivity contribution in [3.63, 3.8) is 0 Å². The van der Waals surface area contributed by atoms with Crippen LogP contribution in [0.1, 0.15) is 59.3 Å². The van der Waals surface area contributed by atoms with Gasteiger partial charge in [0.25, 0.3) is 0 Å². The van der Waals surface area contributed by atoms with Crippen LogP contribution in [-0.2, 0) is 4.74 Å². The van der Waals surface area contributed by atoms with Crippen LogP contribution in [0.5, 0.6) is 0 Å². The molecule has 106 valence electrons. The number of nitrogens with two attached hydrogens (primary N) is 1. The van der Waals surface area contributed by atoms with Crippen molar-refractivity contribution in [2.75, 3.05) is 13.1 Å². The molecule has 0 radical (unpaired) electrons. The van der Waals surface area contributed by atoms with E-state index >= 15 is 0 Å². The molecule has 0 aromatic heterocycles. The summed E-state index contributed by atoms with van der Waals surface area (Å²) in [6.07, 6.45) is 5.95. The van der Waals surface area contributed by atoms with Gasteiger partial charge in [0.1, 0.15) is 5.60 Å². The number of hydrogen-bond acceptors (Lipinski definition) is 3. The van der Waals surface area contributed by atoms with E-state index in [-0.39, 0.29) is 17.7 Å². The van der Waals surface area contributed by atoms with Crippen LogP contribution >= 0.6 is 0 Å². The number of ether oxygens (including phenoxy) is 1. The Kier molecular flexibility index (Phi) is 5.93. The van der Waals surface area contributed by atoms with Crippen LogP contribution < -0.4 is 5.73 Å². The first-order chi connectivity index (χ1) is 8.50. The molecule has 0 aliphatic carbocycles. The molecule has 4 nitrogen and oxygen atoms in total. The van der Waals surface area contributed by atoms with E-state index in [1.807, 2.05) is 18.7 Å². The lowest BCUT2D eigenvalue weighted by atomic mass is 10.00. The van der Waals surface area contributed by atoms with Crippen LogP contribution in [0, 0.1) is 0 Å². The SMILES string of the molecule is CCCC(C)(C)OC(=O)N1CCCCC1CCN. The van der Waals surface area contributed by atoms with Crippen molar-refractivity contribution in [3.8, 4) is 0 Å². The van der Waals surface area contributed by atoms with Gasteiger partial charge >= 0.3 is 6.09 Å². The maximum atomic E-state index is 12.2. The zero-order valence-corrected chi connectivity index (χ0v) is 12.1. The Balaban J connectivity index is 2.57. The summed E-state index contributed by atoms with van der Waals surface area (Å²) >= 11 is 0. The molecular weight excluding hydrogens is 228 g/mol. The minimum atomic E-state index is -0.365. The summed E-state index contributed by atoms with van der Waals surface area (Å²) in [7, 11) is 0. The van der Waals surface area contributed by atoms with Gasteiger partial charge in [-0.2, -0.15) is 0 Å². The molecule has 0 aromatic carbocycles. The quantitative estimate of drug-likeness (QED) is 0.823. The highest BCUT2D eigenvalue weighted by Gasteiger charge is 2.31. The molecular formula is C14H28N2O2. The first-order valence-electron chi connectivity index (χ1n) is 7.20. The highest BCUT2D eigenvalue weighted by molar-refractivity contribution is 5.68. The van der Waals surface area contributed by atoms with Crippen molar-refractivity contribution in [2.24, 2.45) is 5.73 Å². The van der Waals surface area contributed by atoms with Gasteiger partial charge in [0.15, 0.2) is 0 Å². The fourth-order valence-corrected chi connectivity index (χ4v) is 2.68. The monoisotopic (exact) mass is 256 g/mol. The summed E-state index contributed by atoms with van der Waals surface area (Å²) < 4.78 is 5.64. The van der Waals surface area contributed by atoms with Crippen molar-refractivity contribution >= 4 is 6.09 Å². The Bertz CT molecular complexity index is 265. The lowest BCUT2D eigenvalue weighted by Gasteiger charge is -2.37. The molecule has 1 heterocycles. The van der Waals surface area contributed by atoms with E-state index in [4.69, 9.17) is 10.5 Å². The van der Waals surface area contributed by atoms with E-state index in [0.717, 1.165) is 38.6 Å². The van der Waals surface area contributed by atoms with Gasteiger partial charge in [-0.25, -0.2) is 4.79 Å². The van der Waals surface area contributed by atoms with Gasteiger partial charge in [0, 0.05) is 12.6 Å². The summed E-state index contributed by atoms with van der Waals surface area (Å²) in [5, 5.41) is 0. The number of rotatable bonds is 5. The molecule has 1 fully saturated rings. The van der Waals surface area contributed by atoms with Crippen LogP contribution in [-0.4, -0.2) is 35.7 Å². The van der Waals surface area contributed by atoms with Crippen LogP contribution in [0.25, 0.3) is 0 Å². The number of amides is 1. The number of piperidine rings is 1. The van der Waals surface area contributed by atoms with E-state index in [2.05, 4.69) is 6.92 Å². The Hall–Kier alpha value is -0.770. The highest BCUT2D eigenvalue weighted by Crippen LogP contribution is 2.23. The van der Waals surface area contributed by atoms with Crippen LogP contribution in [0.4, 0.5) is 4.79 Å². The summed E-state index contributed by atoms with van der Waals surface area (Å²) in [6, 6.07) is 0.272. The molecule has 1 unspecified atom stereocenters. The summed E-state index contributed by atoms with van der Waals surface area (Å²) in [6.45, 7) is 7.51. The third-order valence-electron chi connectivity index (χ3n) is 3.58. The lowest BCUT2D eigenvalue weighted by Crippen LogP contribution is -2.47. The second-order valence-electron chi connectivity index (χ2n) is 5.80. The van der Waals surface area contributed by atoms with Crippen LogP contribution in [0.2, 0.25) is 0 Å². The Morgan fingerprint density at radius 3 is 2.78 bits per heavy atom. The molecule has 1 aliphatic heterocycles. The third kappa shape index (κ3) is 4.48. The molecule has 1 rings (SSSR count). The summed E-state index contributed by atoms with van der Waals surface area (Å²) in [4.78, 5) is 14.1. The van der Waals surface area contributed by atoms with Gasteiger partial charge in [0.05, 0.1) is 0 Å². The normalized spacial score (nSPS) is 20.9. The second-order valence-corrected chi connectivity index (χ2v) is 5.80. The van der Waals surface area contributed by atoms with Gasteiger partial charge < -0.3 is 15.4 Å². The Labute approximate surface area is 111 Å². The third-order valence-corrected chi connectivity index (χ3v) is 3.58. The average Bonchev–Trinajstić information content (AvgIpc) is 2.29. The smallest absolute Gasteiger partial charge is 0.410 e. The van der Waals surface area contributed by atoms with Crippen molar-refractivity contribution in [1.82, 2.24) is 4.90 Å². The number of carbonyl (C=O) groups is 1. The van der Waals surface area contributed by atoms with Crippen molar-refractivity contribution in [1.29, 1.82) is 0 Å². The molecule has 0 saturated carbocycles. The molecule has 18 heavy (non-hydrogen) atoms. The minimum absolute atomic E-state index is 0.161. The van der Waals surface area contributed by atoms with Crippen LogP contribution in [0.15, 0.2) is 0 Å². The minimum Gasteiger partial charge on any atom is -0.443 e. The van der Waals surface area contributed by atoms with E-state index in [0.29, 0.717) is 6.54 Å². The predicted molar refractivity (Wildman–Crippen MR) is 73.5 cm³/mol. The molecule has 1 atom stereocenters. The average molecular weight is 256 g/mol. The predicted octanol–water partition coefficient (Wildman–Crippen LogP) is 2.91. The zero-order chi connectivity index (χ0) is 13.6. The van der Waals surface area contributed by atoms with Gasteiger partial charge in [-0.05, 0) is 52.5 Å². The van der Waals surface area contributed by atoms with Gasteiger partial charge in [-0.15, -0.1) is 0 Å². The Morgan fingerprint density at radius 1 is 1.44 bits per heavy atom. The number of carbonyl (C=O) groups excluding carboxylic acids is 1. The van der Waals surface area contributed by atoms with E-state index in [9.17, 15) is 4.79 Å². The Morgan fingerprint density at radius 2 is 2.17 bits per heavy atom. The summed E-state index contributed by atoms with van der Waals surface area (Å²) in [5.74, 6) is 0. The standard InChI is InChI=1S/C14H28N2O2/c1-4-9-14(2,3)18-13(17)16-11-6-5-7-12(16)8-10-15/h12H,4-11,15H2,1-3H3. The van der Waals surface area contributed by atoms with Crippen molar-refractivity contribution in [3.05, 3.63) is 0 Å². The van der Waals surface area contributed by atoms with Gasteiger partial charge in [-0.3, -0.25) is 0 Å². The number of nitrogens with zero attached hydrogens (tertiary/aromatic N) is 1. The van der Waals surface area contributed by atoms with Gasteiger partial charge in [-0.1, -0.05) is 13.3 Å². The zero-order valence-electron chi connectivity index (χ0n) is 12.1. The number of hydrogen-bond donors (Lipinski definition) is 1. The van der Waals surface area contributed by atoms with E-state index in [1.165, 1.54) is 6.42 Å². The summed E-state index contributed by atoms with van der Waals surface area (Å²) in [5.41, 5.74) is 5.25. The molecule has 0 spiro atoms. The van der Waals surface area contributed by atoms with Crippen molar-refractivity contribution in [2.45, 2.75) is 70.9 Å². The van der Waals surface area contributed by atoms with Gasteiger partial charge in [0.2, 0.25) is 0 Å². The van der Waals surface area contributed by atoms with Crippen LogP contribution in [0.3, 0.4) is 0 Å². The molecule has 0 aromatic rings.